The van der Waals surface area contributed by atoms with Gasteiger partial charge in [-0.05, 0) is 42.3 Å². The fourth-order valence-corrected chi connectivity index (χ4v) is 4.45. The number of carbonyl (C=O) groups excluding carboxylic acids is 2. The average Bonchev–Trinajstić information content (AvgIpc) is 2.82. The Morgan fingerprint density at radius 3 is 2.48 bits per heavy atom. The SMILES string of the molecule is COc1ccc(S(=O)(=O)N(C)C)cc1CCC(=O)Nc1ccccc1C(=O)N1CCOCC1. The van der Waals surface area contributed by atoms with E-state index in [9.17, 15) is 18.0 Å². The van der Waals surface area contributed by atoms with E-state index < -0.39 is 10.0 Å². The minimum atomic E-state index is -3.61. The fraction of sp³-hybridized carbons (Fsp3) is 0.391. The number of para-hydroxylation sites is 1. The molecule has 33 heavy (non-hydrogen) atoms. The first kappa shape index (κ1) is 24.7. The van der Waals surface area contributed by atoms with Crippen molar-refractivity contribution in [3.8, 4) is 5.75 Å². The molecule has 0 spiro atoms. The Labute approximate surface area is 194 Å². The predicted octanol–water partition coefficient (Wildman–Crippen LogP) is 1.99. The van der Waals surface area contributed by atoms with E-state index in [1.54, 1.807) is 35.2 Å². The number of anilines is 1. The normalized spacial score (nSPS) is 14.2. The van der Waals surface area contributed by atoms with Crippen LogP contribution < -0.4 is 10.1 Å². The van der Waals surface area contributed by atoms with Gasteiger partial charge >= 0.3 is 0 Å². The van der Waals surface area contributed by atoms with E-state index >= 15 is 0 Å². The third kappa shape index (κ3) is 5.89. The average molecular weight is 476 g/mol. The second-order valence-corrected chi connectivity index (χ2v) is 9.91. The van der Waals surface area contributed by atoms with Crippen LogP contribution in [-0.4, -0.2) is 76.9 Å². The lowest BCUT2D eigenvalue weighted by atomic mass is 10.1. The third-order valence-electron chi connectivity index (χ3n) is 5.38. The molecule has 1 heterocycles. The van der Waals surface area contributed by atoms with Gasteiger partial charge in [-0.3, -0.25) is 9.59 Å². The van der Waals surface area contributed by atoms with Gasteiger partial charge in [0.05, 0.1) is 36.5 Å². The molecule has 0 unspecified atom stereocenters. The second-order valence-electron chi connectivity index (χ2n) is 7.76. The van der Waals surface area contributed by atoms with Crippen LogP contribution in [0.2, 0.25) is 0 Å². The molecule has 178 valence electrons. The van der Waals surface area contributed by atoms with Crippen LogP contribution in [0.4, 0.5) is 5.69 Å². The zero-order chi connectivity index (χ0) is 24.0. The van der Waals surface area contributed by atoms with E-state index in [1.807, 2.05) is 0 Å². The van der Waals surface area contributed by atoms with Crippen LogP contribution in [0.15, 0.2) is 47.4 Å². The van der Waals surface area contributed by atoms with Crippen LogP contribution in [0.25, 0.3) is 0 Å². The van der Waals surface area contributed by atoms with Gasteiger partial charge in [-0.25, -0.2) is 12.7 Å². The summed E-state index contributed by atoms with van der Waals surface area (Å²) in [6.07, 6.45) is 0.354. The summed E-state index contributed by atoms with van der Waals surface area (Å²) in [6, 6.07) is 11.5. The predicted molar refractivity (Wildman–Crippen MR) is 124 cm³/mol. The largest absolute Gasteiger partial charge is 0.496 e. The summed E-state index contributed by atoms with van der Waals surface area (Å²) < 4.78 is 36.7. The summed E-state index contributed by atoms with van der Waals surface area (Å²) >= 11 is 0. The van der Waals surface area contributed by atoms with Crippen LogP contribution in [0.1, 0.15) is 22.3 Å². The highest BCUT2D eigenvalue weighted by atomic mass is 32.2. The van der Waals surface area contributed by atoms with Gasteiger partial charge in [-0.1, -0.05) is 12.1 Å². The van der Waals surface area contributed by atoms with Crippen molar-refractivity contribution in [2.75, 3.05) is 52.8 Å². The number of aryl methyl sites for hydroxylation is 1. The zero-order valence-corrected chi connectivity index (χ0v) is 19.9. The zero-order valence-electron chi connectivity index (χ0n) is 19.0. The molecular formula is C23H29N3O6S. The maximum Gasteiger partial charge on any atom is 0.256 e. The molecule has 2 aromatic rings. The number of amides is 2. The number of benzene rings is 2. The summed E-state index contributed by atoms with van der Waals surface area (Å²) in [5.41, 5.74) is 1.47. The Hall–Kier alpha value is -2.95. The van der Waals surface area contributed by atoms with Crippen molar-refractivity contribution in [1.82, 2.24) is 9.21 Å². The van der Waals surface area contributed by atoms with Crippen molar-refractivity contribution in [3.63, 3.8) is 0 Å². The lowest BCUT2D eigenvalue weighted by Crippen LogP contribution is -2.41. The van der Waals surface area contributed by atoms with Crippen LogP contribution >= 0.6 is 0 Å². The molecule has 10 heteroatoms. The first-order valence-electron chi connectivity index (χ1n) is 10.6. The van der Waals surface area contributed by atoms with Gasteiger partial charge in [0, 0.05) is 33.6 Å². The molecule has 0 radical (unpaired) electrons. The summed E-state index contributed by atoms with van der Waals surface area (Å²) in [7, 11) is 0.803. The molecule has 2 aromatic carbocycles. The number of morpholine rings is 1. The maximum absolute atomic E-state index is 12.9. The fourth-order valence-electron chi connectivity index (χ4n) is 3.50. The Kier molecular flexibility index (Phi) is 8.06. The van der Waals surface area contributed by atoms with Gasteiger partial charge in [0.1, 0.15) is 5.75 Å². The molecule has 0 saturated carbocycles. The lowest BCUT2D eigenvalue weighted by Gasteiger charge is -2.27. The third-order valence-corrected chi connectivity index (χ3v) is 7.19. The van der Waals surface area contributed by atoms with E-state index in [1.165, 1.54) is 33.3 Å². The van der Waals surface area contributed by atoms with Gasteiger partial charge in [0.2, 0.25) is 15.9 Å². The Balaban J connectivity index is 1.72. The number of sulfonamides is 1. The molecule has 1 aliphatic heterocycles. The van der Waals surface area contributed by atoms with Crippen molar-refractivity contribution in [2.45, 2.75) is 17.7 Å². The minimum absolute atomic E-state index is 0.0852. The molecule has 0 aliphatic carbocycles. The minimum Gasteiger partial charge on any atom is -0.496 e. The molecule has 3 rings (SSSR count). The number of rotatable bonds is 8. The number of nitrogens with one attached hydrogen (secondary N) is 1. The van der Waals surface area contributed by atoms with Gasteiger partial charge in [-0.15, -0.1) is 0 Å². The highest BCUT2D eigenvalue weighted by molar-refractivity contribution is 7.89. The number of hydrogen-bond acceptors (Lipinski definition) is 6. The number of hydrogen-bond donors (Lipinski definition) is 1. The number of nitrogens with zero attached hydrogens (tertiary/aromatic N) is 2. The number of ether oxygens (including phenoxy) is 2. The summed E-state index contributed by atoms with van der Waals surface area (Å²) in [4.78, 5) is 27.4. The monoisotopic (exact) mass is 475 g/mol. The van der Waals surface area contributed by atoms with E-state index in [0.717, 1.165) is 4.31 Å². The molecule has 9 nitrogen and oxygen atoms in total. The molecule has 0 aromatic heterocycles. The summed E-state index contributed by atoms with van der Waals surface area (Å²) in [5.74, 6) is 0.0565. The molecule has 1 saturated heterocycles. The molecule has 1 N–H and O–H groups in total. The van der Waals surface area contributed by atoms with Crippen molar-refractivity contribution in [1.29, 1.82) is 0 Å². The van der Waals surface area contributed by atoms with Crippen molar-refractivity contribution in [2.24, 2.45) is 0 Å². The maximum atomic E-state index is 12.9. The molecule has 0 atom stereocenters. The van der Waals surface area contributed by atoms with Crippen molar-refractivity contribution < 1.29 is 27.5 Å². The topological polar surface area (TPSA) is 105 Å². The molecule has 1 fully saturated rings. The Bertz CT molecular complexity index is 1110. The first-order valence-corrected chi connectivity index (χ1v) is 12.0. The van der Waals surface area contributed by atoms with E-state index in [-0.39, 0.29) is 29.6 Å². The van der Waals surface area contributed by atoms with E-state index in [2.05, 4.69) is 5.32 Å². The number of methoxy groups -OCH3 is 1. The summed E-state index contributed by atoms with van der Waals surface area (Å²) in [6.45, 7) is 2.00. The molecule has 1 aliphatic rings. The van der Waals surface area contributed by atoms with Crippen LogP contribution in [0.3, 0.4) is 0 Å². The van der Waals surface area contributed by atoms with E-state index in [4.69, 9.17) is 9.47 Å². The van der Waals surface area contributed by atoms with Gasteiger partial charge in [0.25, 0.3) is 5.91 Å². The molecule has 2 amide bonds. The van der Waals surface area contributed by atoms with Crippen LogP contribution in [-0.2, 0) is 26.0 Å². The highest BCUT2D eigenvalue weighted by Gasteiger charge is 2.22. The van der Waals surface area contributed by atoms with Gasteiger partial charge in [-0.2, -0.15) is 0 Å². The van der Waals surface area contributed by atoms with Crippen LogP contribution in [0.5, 0.6) is 5.75 Å². The molecule has 0 bridgehead atoms. The smallest absolute Gasteiger partial charge is 0.256 e. The standard InChI is InChI=1S/C23H29N3O6S/c1-25(2)33(29,30)18-9-10-21(31-3)17(16-18)8-11-22(27)24-20-7-5-4-6-19(20)23(28)26-12-14-32-15-13-26/h4-7,9-10,16H,8,11-15H2,1-3H3,(H,24,27). The van der Waals surface area contributed by atoms with Crippen molar-refractivity contribution >= 4 is 27.5 Å². The lowest BCUT2D eigenvalue weighted by molar-refractivity contribution is -0.116. The highest BCUT2D eigenvalue weighted by Crippen LogP contribution is 2.25. The number of carbonyl (C=O) groups is 2. The second kappa shape index (κ2) is 10.8. The molecular weight excluding hydrogens is 446 g/mol. The van der Waals surface area contributed by atoms with Gasteiger partial charge in [0.15, 0.2) is 0 Å². The Morgan fingerprint density at radius 2 is 1.82 bits per heavy atom. The quantitative estimate of drug-likeness (QED) is 0.626. The first-order chi connectivity index (χ1) is 15.7. The van der Waals surface area contributed by atoms with Crippen LogP contribution in [0, 0.1) is 0 Å². The van der Waals surface area contributed by atoms with Crippen molar-refractivity contribution in [3.05, 3.63) is 53.6 Å². The Morgan fingerprint density at radius 1 is 1.12 bits per heavy atom. The summed E-state index contributed by atoms with van der Waals surface area (Å²) in [5, 5.41) is 2.82. The van der Waals surface area contributed by atoms with Gasteiger partial charge < -0.3 is 19.7 Å². The van der Waals surface area contributed by atoms with E-state index in [0.29, 0.717) is 48.9 Å².